The van der Waals surface area contributed by atoms with Gasteiger partial charge in [0, 0.05) is 16.6 Å². The number of anilines is 1. The molecule has 1 N–H and O–H groups in total. The lowest BCUT2D eigenvalue weighted by Crippen LogP contribution is -2.54. The monoisotopic (exact) mass is 627 g/mol. The number of rotatable bonds is 9. The zero-order valence-electron chi connectivity index (χ0n) is 24.2. The van der Waals surface area contributed by atoms with Gasteiger partial charge in [0.15, 0.2) is 0 Å². The maximum atomic E-state index is 14.0. The van der Waals surface area contributed by atoms with Crippen LogP contribution < -0.4 is 9.62 Å². The third kappa shape index (κ3) is 7.95. The molecule has 9 heteroatoms. The molecule has 0 saturated heterocycles. The van der Waals surface area contributed by atoms with Crippen molar-refractivity contribution in [2.24, 2.45) is 0 Å². The first-order valence-corrected chi connectivity index (χ1v) is 15.3. The first-order chi connectivity index (χ1) is 18.6. The minimum atomic E-state index is -4.10. The Morgan fingerprint density at radius 1 is 0.900 bits per heavy atom. The number of benzene rings is 3. The molecule has 0 aliphatic carbocycles. The van der Waals surface area contributed by atoms with E-state index in [9.17, 15) is 18.0 Å². The van der Waals surface area contributed by atoms with Crippen molar-refractivity contribution in [1.82, 2.24) is 10.2 Å². The van der Waals surface area contributed by atoms with E-state index in [4.69, 9.17) is 0 Å². The lowest BCUT2D eigenvalue weighted by atomic mass is 10.1. The Bertz CT molecular complexity index is 1460. The van der Waals surface area contributed by atoms with Crippen LogP contribution in [-0.4, -0.2) is 43.3 Å². The van der Waals surface area contributed by atoms with Gasteiger partial charge in [0.25, 0.3) is 10.0 Å². The summed E-state index contributed by atoms with van der Waals surface area (Å²) in [6.45, 7) is 12.7. The van der Waals surface area contributed by atoms with Gasteiger partial charge in [-0.15, -0.1) is 0 Å². The highest BCUT2D eigenvalue weighted by molar-refractivity contribution is 9.10. The van der Waals surface area contributed by atoms with Crippen LogP contribution in [0.15, 0.2) is 76.1 Å². The molecule has 214 valence electrons. The highest BCUT2D eigenvalue weighted by atomic mass is 79.9. The van der Waals surface area contributed by atoms with Gasteiger partial charge >= 0.3 is 0 Å². The van der Waals surface area contributed by atoms with Crippen LogP contribution in [0.2, 0.25) is 0 Å². The molecule has 2 amide bonds. The topological polar surface area (TPSA) is 86.8 Å². The molecule has 0 heterocycles. The first-order valence-electron chi connectivity index (χ1n) is 13.1. The maximum absolute atomic E-state index is 14.0. The van der Waals surface area contributed by atoms with Crippen molar-refractivity contribution in [3.63, 3.8) is 0 Å². The molecule has 1 atom stereocenters. The number of nitrogens with one attached hydrogen (secondary N) is 1. The molecule has 0 spiro atoms. The second-order valence-corrected chi connectivity index (χ2v) is 13.9. The molecule has 3 aromatic rings. The average molecular weight is 629 g/mol. The van der Waals surface area contributed by atoms with Crippen molar-refractivity contribution in [2.45, 2.75) is 71.5 Å². The summed E-state index contributed by atoms with van der Waals surface area (Å²) in [5, 5.41) is 2.94. The molecule has 0 fully saturated rings. The summed E-state index contributed by atoms with van der Waals surface area (Å²) in [4.78, 5) is 28.7. The number of halogens is 1. The van der Waals surface area contributed by atoms with Gasteiger partial charge in [-0.25, -0.2) is 8.42 Å². The van der Waals surface area contributed by atoms with Crippen LogP contribution in [0, 0.1) is 20.8 Å². The molecule has 0 bridgehead atoms. The first kappa shape index (κ1) is 31.4. The molecule has 0 aliphatic heterocycles. The minimum absolute atomic E-state index is 0.0853. The van der Waals surface area contributed by atoms with Crippen LogP contribution in [0.4, 0.5) is 5.69 Å². The van der Waals surface area contributed by atoms with E-state index in [0.29, 0.717) is 5.69 Å². The molecule has 0 aromatic heterocycles. The van der Waals surface area contributed by atoms with Crippen molar-refractivity contribution in [2.75, 3.05) is 10.8 Å². The molecule has 0 aliphatic rings. The lowest BCUT2D eigenvalue weighted by molar-refractivity contribution is -0.140. The molecule has 0 radical (unpaired) electrons. The molecule has 7 nitrogen and oxygen atoms in total. The van der Waals surface area contributed by atoms with Gasteiger partial charge in [-0.05, 0) is 102 Å². The van der Waals surface area contributed by atoms with Crippen LogP contribution in [0.25, 0.3) is 0 Å². The van der Waals surface area contributed by atoms with E-state index in [1.807, 2.05) is 71.9 Å². The van der Waals surface area contributed by atoms with Gasteiger partial charge in [0.2, 0.25) is 11.8 Å². The largest absolute Gasteiger partial charge is 0.350 e. The number of sulfonamides is 1. The summed E-state index contributed by atoms with van der Waals surface area (Å²) in [6, 6.07) is 18.5. The van der Waals surface area contributed by atoms with Gasteiger partial charge < -0.3 is 10.2 Å². The van der Waals surface area contributed by atoms with Crippen LogP contribution in [0.3, 0.4) is 0 Å². The number of carbonyl (C=O) groups is 2. The summed E-state index contributed by atoms with van der Waals surface area (Å²) in [5.41, 5.74) is 3.52. The Labute approximate surface area is 246 Å². The predicted molar refractivity (Wildman–Crippen MR) is 164 cm³/mol. The number of carbonyl (C=O) groups excluding carboxylic acids is 2. The second kappa shape index (κ2) is 12.6. The van der Waals surface area contributed by atoms with E-state index >= 15 is 0 Å². The summed E-state index contributed by atoms with van der Waals surface area (Å²) in [6.07, 6.45) is 0. The maximum Gasteiger partial charge on any atom is 0.264 e. The minimum Gasteiger partial charge on any atom is -0.350 e. The van der Waals surface area contributed by atoms with Crippen LogP contribution in [0.5, 0.6) is 0 Å². The van der Waals surface area contributed by atoms with Crippen molar-refractivity contribution in [3.05, 3.63) is 93.5 Å². The third-order valence-corrected chi connectivity index (χ3v) is 8.91. The van der Waals surface area contributed by atoms with E-state index in [-0.39, 0.29) is 17.3 Å². The fourth-order valence-corrected chi connectivity index (χ4v) is 5.76. The van der Waals surface area contributed by atoms with Gasteiger partial charge in [-0.2, -0.15) is 0 Å². The number of hydrogen-bond donors (Lipinski definition) is 1. The quantitative estimate of drug-likeness (QED) is 0.320. The Morgan fingerprint density at radius 2 is 1.50 bits per heavy atom. The molecule has 3 rings (SSSR count). The normalized spacial score (nSPS) is 12.5. The van der Waals surface area contributed by atoms with E-state index in [1.165, 1.54) is 4.90 Å². The predicted octanol–water partition coefficient (Wildman–Crippen LogP) is 5.90. The standard InChI is InChI=1S/C31H38BrN3O4S/c1-21-8-16-28(17-9-21)40(38,39)35(27-15-10-22(2)23(3)18-27)20-29(36)34(19-25-11-13-26(32)14-12-25)24(4)30(37)33-31(5,6)7/h8-18,24H,19-20H2,1-7H3,(H,33,37)/t24-/m0/s1. The van der Waals surface area contributed by atoms with Gasteiger partial charge in [0.05, 0.1) is 10.6 Å². The highest BCUT2D eigenvalue weighted by Gasteiger charge is 2.33. The SMILES string of the molecule is Cc1ccc(S(=O)(=O)N(CC(=O)N(Cc2ccc(Br)cc2)[C@@H](C)C(=O)NC(C)(C)C)c2ccc(C)c(C)c2)cc1. The number of nitrogens with zero attached hydrogens (tertiary/aromatic N) is 2. The Kier molecular flexibility index (Phi) is 9.85. The summed E-state index contributed by atoms with van der Waals surface area (Å²) < 4.78 is 29.9. The zero-order chi connectivity index (χ0) is 29.8. The summed E-state index contributed by atoms with van der Waals surface area (Å²) >= 11 is 3.43. The van der Waals surface area contributed by atoms with Crippen LogP contribution >= 0.6 is 15.9 Å². The number of aryl methyl sites for hydroxylation is 3. The van der Waals surface area contributed by atoms with Gasteiger partial charge in [0.1, 0.15) is 12.6 Å². The van der Waals surface area contributed by atoms with Crippen LogP contribution in [-0.2, 0) is 26.2 Å². The van der Waals surface area contributed by atoms with Crippen molar-refractivity contribution in [3.8, 4) is 0 Å². The molecule has 0 saturated carbocycles. The van der Waals surface area contributed by atoms with E-state index < -0.39 is 34.1 Å². The highest BCUT2D eigenvalue weighted by Crippen LogP contribution is 2.27. The Balaban J connectivity index is 2.06. The van der Waals surface area contributed by atoms with E-state index in [0.717, 1.165) is 31.0 Å². The zero-order valence-corrected chi connectivity index (χ0v) is 26.6. The third-order valence-electron chi connectivity index (χ3n) is 6.60. The Hall–Kier alpha value is -3.17. The van der Waals surface area contributed by atoms with E-state index in [2.05, 4.69) is 21.2 Å². The molecular weight excluding hydrogens is 590 g/mol. The van der Waals surface area contributed by atoms with Crippen molar-refractivity contribution < 1.29 is 18.0 Å². The number of hydrogen-bond acceptors (Lipinski definition) is 4. The van der Waals surface area contributed by atoms with Crippen molar-refractivity contribution >= 4 is 43.5 Å². The smallest absolute Gasteiger partial charge is 0.264 e. The molecule has 3 aromatic carbocycles. The van der Waals surface area contributed by atoms with E-state index in [1.54, 1.807) is 43.3 Å². The van der Waals surface area contributed by atoms with Crippen molar-refractivity contribution in [1.29, 1.82) is 0 Å². The Morgan fingerprint density at radius 3 is 2.05 bits per heavy atom. The average Bonchev–Trinajstić information content (AvgIpc) is 2.87. The van der Waals surface area contributed by atoms with Gasteiger partial charge in [-0.1, -0.05) is 51.8 Å². The second-order valence-electron chi connectivity index (χ2n) is 11.2. The molecule has 0 unspecified atom stereocenters. The summed E-state index contributed by atoms with van der Waals surface area (Å²) in [5.74, 6) is -0.814. The van der Waals surface area contributed by atoms with Crippen LogP contribution in [0.1, 0.15) is 49.9 Å². The number of amides is 2. The summed E-state index contributed by atoms with van der Waals surface area (Å²) in [7, 11) is -4.10. The fourth-order valence-electron chi connectivity index (χ4n) is 4.09. The lowest BCUT2D eigenvalue weighted by Gasteiger charge is -2.33. The molecule has 40 heavy (non-hydrogen) atoms. The van der Waals surface area contributed by atoms with Gasteiger partial charge in [-0.3, -0.25) is 13.9 Å². The molecular formula is C31H38BrN3O4S. The fraction of sp³-hybridized carbons (Fsp3) is 0.355.